The van der Waals surface area contributed by atoms with Gasteiger partial charge < -0.3 is 0 Å². The van der Waals surface area contributed by atoms with Crippen molar-refractivity contribution in [1.29, 1.82) is 0 Å². The quantitative estimate of drug-likeness (QED) is 0.402. The van der Waals surface area contributed by atoms with Crippen LogP contribution in [0.15, 0.2) is 12.2 Å². The Morgan fingerprint density at radius 3 is 2.60 bits per heavy atom. The van der Waals surface area contributed by atoms with E-state index in [1.54, 1.807) is 0 Å². The average molecular weight is 140 g/mol. The molecule has 10 heavy (non-hydrogen) atoms. The van der Waals surface area contributed by atoms with Crippen LogP contribution in [0, 0.1) is 5.92 Å². The van der Waals surface area contributed by atoms with E-state index < -0.39 is 0 Å². The van der Waals surface area contributed by atoms with Gasteiger partial charge in [-0.15, -0.1) is 0 Å². The molecule has 0 heterocycles. The zero-order valence-electron chi connectivity index (χ0n) is 7.56. The molecule has 0 amide bonds. The largest absolute Gasteiger partial charge is 0.0917 e. The summed E-state index contributed by atoms with van der Waals surface area (Å²) in [7, 11) is 0. The minimum absolute atomic E-state index is 0.922. The summed E-state index contributed by atoms with van der Waals surface area (Å²) < 4.78 is 0. The molecule has 0 rings (SSSR count). The lowest BCUT2D eigenvalue weighted by Gasteiger charge is -2.04. The second-order valence-corrected chi connectivity index (χ2v) is 3.01. The number of hydrogen-bond donors (Lipinski definition) is 0. The van der Waals surface area contributed by atoms with Crippen LogP contribution in [0.1, 0.15) is 46.5 Å². The first-order valence-corrected chi connectivity index (χ1v) is 4.42. The molecule has 0 spiro atoms. The summed E-state index contributed by atoms with van der Waals surface area (Å²) in [6.07, 6.45) is 9.73. The summed E-state index contributed by atoms with van der Waals surface area (Å²) in [5, 5.41) is 0. The molecule has 1 unspecified atom stereocenters. The Balaban J connectivity index is 3.03. The van der Waals surface area contributed by atoms with Crippen molar-refractivity contribution in [3.05, 3.63) is 12.2 Å². The summed E-state index contributed by atoms with van der Waals surface area (Å²) in [5.74, 6) is 0.922. The van der Waals surface area contributed by atoms with Crippen molar-refractivity contribution in [3.8, 4) is 0 Å². The highest BCUT2D eigenvalue weighted by atomic mass is 14.0. The van der Waals surface area contributed by atoms with Gasteiger partial charge in [0.05, 0.1) is 0 Å². The third-order valence-electron chi connectivity index (χ3n) is 2.00. The Morgan fingerprint density at radius 2 is 2.10 bits per heavy atom. The third kappa shape index (κ3) is 5.87. The second kappa shape index (κ2) is 6.85. The van der Waals surface area contributed by atoms with E-state index in [2.05, 4.69) is 32.9 Å². The van der Waals surface area contributed by atoms with Crippen LogP contribution in [-0.2, 0) is 0 Å². The monoisotopic (exact) mass is 140 g/mol. The van der Waals surface area contributed by atoms with Gasteiger partial charge in [0.15, 0.2) is 0 Å². The zero-order valence-corrected chi connectivity index (χ0v) is 7.56. The Hall–Kier alpha value is -0.260. The molecule has 1 atom stereocenters. The maximum atomic E-state index is 2.33. The number of hydrogen-bond acceptors (Lipinski definition) is 0. The molecule has 0 heteroatoms. The molecule has 0 aromatic carbocycles. The molecule has 0 N–H and O–H groups in total. The summed E-state index contributed by atoms with van der Waals surface area (Å²) in [5.41, 5.74) is 0. The van der Waals surface area contributed by atoms with E-state index in [0.717, 1.165) is 5.92 Å². The van der Waals surface area contributed by atoms with Gasteiger partial charge in [-0.2, -0.15) is 0 Å². The maximum Gasteiger partial charge on any atom is -0.0351 e. The summed E-state index contributed by atoms with van der Waals surface area (Å²) in [6, 6.07) is 0. The van der Waals surface area contributed by atoms with Gasteiger partial charge in [-0.1, -0.05) is 38.8 Å². The first kappa shape index (κ1) is 9.74. The molecule has 0 aromatic heterocycles. The van der Waals surface area contributed by atoms with E-state index in [1.807, 2.05) is 0 Å². The molecule has 0 aromatic rings. The van der Waals surface area contributed by atoms with Crippen LogP contribution in [0.5, 0.6) is 0 Å². The predicted molar refractivity (Wildman–Crippen MR) is 48.1 cm³/mol. The summed E-state index contributed by atoms with van der Waals surface area (Å²) in [4.78, 5) is 0. The highest BCUT2D eigenvalue weighted by Crippen LogP contribution is 2.10. The molecule has 0 fully saturated rings. The van der Waals surface area contributed by atoms with Crippen molar-refractivity contribution in [3.63, 3.8) is 0 Å². The minimum atomic E-state index is 0.922. The van der Waals surface area contributed by atoms with Crippen molar-refractivity contribution < 1.29 is 0 Å². The van der Waals surface area contributed by atoms with Crippen LogP contribution in [0.25, 0.3) is 0 Å². The Bertz CT molecular complexity index is 82.0. The topological polar surface area (TPSA) is 0 Å². The Kier molecular flexibility index (Phi) is 6.68. The number of allylic oxidation sites excluding steroid dienone is 2. The van der Waals surface area contributed by atoms with E-state index in [4.69, 9.17) is 0 Å². The molecular formula is C10H20. The molecule has 0 saturated heterocycles. The van der Waals surface area contributed by atoms with Gasteiger partial charge in [0.2, 0.25) is 0 Å². The van der Waals surface area contributed by atoms with Gasteiger partial charge in [-0.25, -0.2) is 0 Å². The zero-order chi connectivity index (χ0) is 7.82. The Morgan fingerprint density at radius 1 is 1.40 bits per heavy atom. The molecule has 0 aliphatic carbocycles. The normalized spacial score (nSPS) is 14.3. The highest BCUT2D eigenvalue weighted by Gasteiger charge is 1.95. The van der Waals surface area contributed by atoms with Crippen LogP contribution in [0.4, 0.5) is 0 Å². The fourth-order valence-corrected chi connectivity index (χ4v) is 0.955. The lowest BCUT2D eigenvalue weighted by Crippen LogP contribution is -1.90. The number of unbranched alkanes of at least 4 members (excludes halogenated alkanes) is 1. The fraction of sp³-hybridized carbons (Fsp3) is 0.800. The minimum Gasteiger partial charge on any atom is -0.0917 e. The smallest absolute Gasteiger partial charge is 0.0351 e. The average Bonchev–Trinajstić information content (AvgIpc) is 1.98. The van der Waals surface area contributed by atoms with Gasteiger partial charge in [0.25, 0.3) is 0 Å². The van der Waals surface area contributed by atoms with E-state index >= 15 is 0 Å². The molecular weight excluding hydrogens is 120 g/mol. The SMILES string of the molecule is C/C=C/CCCC(C)CC. The fourth-order valence-electron chi connectivity index (χ4n) is 0.955. The molecule has 0 aliphatic rings. The lowest BCUT2D eigenvalue weighted by molar-refractivity contribution is 0.498. The second-order valence-electron chi connectivity index (χ2n) is 3.01. The molecule has 0 nitrogen and oxygen atoms in total. The van der Waals surface area contributed by atoms with Crippen molar-refractivity contribution in [2.75, 3.05) is 0 Å². The van der Waals surface area contributed by atoms with Gasteiger partial charge in [-0.05, 0) is 25.7 Å². The molecule has 0 saturated carbocycles. The van der Waals surface area contributed by atoms with E-state index in [-0.39, 0.29) is 0 Å². The molecule has 0 aliphatic heterocycles. The first-order chi connectivity index (χ1) is 4.81. The standard InChI is InChI=1S/C10H20/c1-4-6-7-8-9-10(3)5-2/h4,6,10H,5,7-9H2,1-3H3/b6-4+. The maximum absolute atomic E-state index is 2.33. The van der Waals surface area contributed by atoms with E-state index in [0.29, 0.717) is 0 Å². The third-order valence-corrected chi connectivity index (χ3v) is 2.00. The predicted octanol–water partition coefficient (Wildman–Crippen LogP) is 3.78. The summed E-state index contributed by atoms with van der Waals surface area (Å²) in [6.45, 7) is 6.68. The molecule has 0 bridgehead atoms. The van der Waals surface area contributed by atoms with Gasteiger partial charge in [-0.3, -0.25) is 0 Å². The summed E-state index contributed by atoms with van der Waals surface area (Å²) >= 11 is 0. The van der Waals surface area contributed by atoms with Crippen LogP contribution in [0.3, 0.4) is 0 Å². The van der Waals surface area contributed by atoms with E-state index in [9.17, 15) is 0 Å². The Labute approximate surface area is 65.3 Å². The van der Waals surface area contributed by atoms with Crippen LogP contribution in [-0.4, -0.2) is 0 Å². The van der Waals surface area contributed by atoms with Crippen LogP contribution >= 0.6 is 0 Å². The molecule has 60 valence electrons. The van der Waals surface area contributed by atoms with Crippen molar-refractivity contribution in [2.45, 2.75) is 46.5 Å². The first-order valence-electron chi connectivity index (χ1n) is 4.42. The number of rotatable bonds is 5. The van der Waals surface area contributed by atoms with Crippen LogP contribution < -0.4 is 0 Å². The van der Waals surface area contributed by atoms with Gasteiger partial charge in [0, 0.05) is 0 Å². The van der Waals surface area contributed by atoms with Crippen molar-refractivity contribution in [1.82, 2.24) is 0 Å². The van der Waals surface area contributed by atoms with Gasteiger partial charge >= 0.3 is 0 Å². The van der Waals surface area contributed by atoms with Crippen molar-refractivity contribution in [2.24, 2.45) is 5.92 Å². The highest BCUT2D eigenvalue weighted by molar-refractivity contribution is 4.76. The van der Waals surface area contributed by atoms with E-state index in [1.165, 1.54) is 25.7 Å². The van der Waals surface area contributed by atoms with Crippen LogP contribution in [0.2, 0.25) is 0 Å². The lowest BCUT2D eigenvalue weighted by atomic mass is 10.0. The van der Waals surface area contributed by atoms with Gasteiger partial charge in [0.1, 0.15) is 0 Å². The van der Waals surface area contributed by atoms with Crippen molar-refractivity contribution >= 4 is 0 Å². The molecule has 0 radical (unpaired) electrons.